The third kappa shape index (κ3) is 3.13. The Labute approximate surface area is 103 Å². The van der Waals surface area contributed by atoms with Crippen LogP contribution >= 0.6 is 0 Å². The number of rotatable bonds is 0. The lowest BCUT2D eigenvalue weighted by Crippen LogP contribution is -2.29. The first-order valence-corrected chi connectivity index (χ1v) is 6.04. The van der Waals surface area contributed by atoms with Crippen molar-refractivity contribution < 1.29 is 5.11 Å². The number of aliphatic hydroxyl groups is 1. The number of terminal acetylenes is 1. The molecule has 1 aromatic carbocycles. The lowest BCUT2D eigenvalue weighted by Gasteiger charge is -2.26. The van der Waals surface area contributed by atoms with Crippen molar-refractivity contribution in [3.63, 3.8) is 0 Å². The third-order valence-corrected chi connectivity index (χ3v) is 3.17. The molecule has 0 amide bonds. The molecular weight excluding hydrogens is 208 g/mol. The quantitative estimate of drug-likeness (QED) is 0.672. The van der Waals surface area contributed by atoms with Crippen LogP contribution < -0.4 is 0 Å². The van der Waals surface area contributed by atoms with Crippen LogP contribution in [-0.4, -0.2) is 10.7 Å². The monoisotopic (exact) mass is 224 g/mol. The smallest absolute Gasteiger partial charge is 0.125 e. The van der Waals surface area contributed by atoms with Crippen molar-refractivity contribution in [2.45, 2.75) is 37.7 Å². The summed E-state index contributed by atoms with van der Waals surface area (Å²) in [6.07, 6.45) is 10.2. The van der Waals surface area contributed by atoms with Gasteiger partial charge in [0.05, 0.1) is 0 Å². The van der Waals surface area contributed by atoms with Crippen LogP contribution in [0, 0.1) is 24.2 Å². The summed E-state index contributed by atoms with van der Waals surface area (Å²) in [6, 6.07) is 7.53. The first-order valence-electron chi connectivity index (χ1n) is 6.04. The SMILES string of the molecule is C#Cc1ccc(C#CC2(O)CCCCC2)cc1. The zero-order valence-electron chi connectivity index (χ0n) is 9.87. The van der Waals surface area contributed by atoms with Gasteiger partial charge in [0, 0.05) is 11.1 Å². The molecule has 1 heteroatoms. The lowest BCUT2D eigenvalue weighted by atomic mass is 9.85. The van der Waals surface area contributed by atoms with Crippen molar-refractivity contribution in [1.29, 1.82) is 0 Å². The number of benzene rings is 1. The zero-order chi connectivity index (χ0) is 12.1. The highest BCUT2D eigenvalue weighted by Crippen LogP contribution is 2.27. The van der Waals surface area contributed by atoms with Gasteiger partial charge >= 0.3 is 0 Å². The summed E-state index contributed by atoms with van der Waals surface area (Å²) >= 11 is 0. The van der Waals surface area contributed by atoms with Crippen molar-refractivity contribution in [2.24, 2.45) is 0 Å². The van der Waals surface area contributed by atoms with Crippen molar-refractivity contribution in [2.75, 3.05) is 0 Å². The third-order valence-electron chi connectivity index (χ3n) is 3.17. The second kappa shape index (κ2) is 5.09. The van der Waals surface area contributed by atoms with Crippen molar-refractivity contribution in [3.8, 4) is 24.2 Å². The van der Waals surface area contributed by atoms with E-state index in [1.54, 1.807) is 0 Å². The molecule has 0 saturated heterocycles. The van der Waals surface area contributed by atoms with Crippen molar-refractivity contribution >= 4 is 0 Å². The first-order chi connectivity index (χ1) is 8.22. The van der Waals surface area contributed by atoms with Gasteiger partial charge in [-0.2, -0.15) is 0 Å². The Balaban J connectivity index is 2.12. The standard InChI is InChI=1S/C16H16O/c1-2-14-6-8-15(9-7-14)10-13-16(17)11-4-3-5-12-16/h1,6-9,17H,3-5,11-12H2. The van der Waals surface area contributed by atoms with E-state index in [1.165, 1.54) is 6.42 Å². The average Bonchev–Trinajstić information content (AvgIpc) is 2.38. The highest BCUT2D eigenvalue weighted by atomic mass is 16.3. The molecule has 0 heterocycles. The van der Waals surface area contributed by atoms with Crippen molar-refractivity contribution in [3.05, 3.63) is 35.4 Å². The minimum absolute atomic E-state index is 0.775. The number of hydrogen-bond donors (Lipinski definition) is 1. The highest BCUT2D eigenvalue weighted by molar-refractivity contribution is 5.41. The minimum Gasteiger partial charge on any atom is -0.378 e. The van der Waals surface area contributed by atoms with Gasteiger partial charge in [0.2, 0.25) is 0 Å². The maximum Gasteiger partial charge on any atom is 0.125 e. The lowest BCUT2D eigenvalue weighted by molar-refractivity contribution is 0.0610. The van der Waals surface area contributed by atoms with E-state index in [-0.39, 0.29) is 0 Å². The van der Waals surface area contributed by atoms with Gasteiger partial charge in [-0.25, -0.2) is 0 Å². The molecule has 0 bridgehead atoms. The van der Waals surface area contributed by atoms with Gasteiger partial charge < -0.3 is 5.11 Å². The van der Waals surface area contributed by atoms with Gasteiger partial charge in [-0.05, 0) is 49.9 Å². The van der Waals surface area contributed by atoms with E-state index < -0.39 is 5.60 Å². The average molecular weight is 224 g/mol. The predicted octanol–water partition coefficient (Wildman–Crippen LogP) is 2.71. The van der Waals surface area contributed by atoms with Crippen LogP contribution in [-0.2, 0) is 0 Å². The van der Waals surface area contributed by atoms with Crippen molar-refractivity contribution in [1.82, 2.24) is 0 Å². The Morgan fingerprint density at radius 1 is 1.00 bits per heavy atom. The topological polar surface area (TPSA) is 20.2 Å². The molecule has 1 nitrogen and oxygen atoms in total. The molecule has 17 heavy (non-hydrogen) atoms. The Bertz CT molecular complexity index is 473. The van der Waals surface area contributed by atoms with E-state index in [9.17, 15) is 5.11 Å². The molecule has 2 rings (SSSR count). The molecule has 0 unspecified atom stereocenters. The van der Waals surface area contributed by atoms with Gasteiger partial charge in [0.25, 0.3) is 0 Å². The molecule has 1 fully saturated rings. The van der Waals surface area contributed by atoms with Crippen LogP contribution in [0.1, 0.15) is 43.2 Å². The van der Waals surface area contributed by atoms with E-state index in [1.807, 2.05) is 24.3 Å². The fourth-order valence-corrected chi connectivity index (χ4v) is 2.10. The van der Waals surface area contributed by atoms with Crippen LogP contribution in [0.15, 0.2) is 24.3 Å². The molecule has 0 radical (unpaired) electrons. The van der Waals surface area contributed by atoms with Gasteiger partial charge in [0.15, 0.2) is 0 Å². The van der Waals surface area contributed by atoms with E-state index in [0.717, 1.165) is 36.8 Å². The molecule has 86 valence electrons. The molecule has 1 aliphatic rings. The van der Waals surface area contributed by atoms with Crippen LogP contribution in [0.5, 0.6) is 0 Å². The van der Waals surface area contributed by atoms with Crippen LogP contribution in [0.4, 0.5) is 0 Å². The molecule has 1 aliphatic carbocycles. The second-order valence-electron chi connectivity index (χ2n) is 4.56. The Morgan fingerprint density at radius 2 is 1.59 bits per heavy atom. The summed E-state index contributed by atoms with van der Waals surface area (Å²) in [5.74, 6) is 8.61. The Kier molecular flexibility index (Phi) is 3.52. The fourth-order valence-electron chi connectivity index (χ4n) is 2.10. The highest BCUT2D eigenvalue weighted by Gasteiger charge is 2.26. The predicted molar refractivity (Wildman–Crippen MR) is 69.3 cm³/mol. The summed E-state index contributed by atoms with van der Waals surface area (Å²) in [4.78, 5) is 0. The van der Waals surface area contributed by atoms with Gasteiger partial charge in [0.1, 0.15) is 5.60 Å². The fraction of sp³-hybridized carbons (Fsp3) is 0.375. The molecule has 0 atom stereocenters. The number of hydrogen-bond acceptors (Lipinski definition) is 1. The summed E-state index contributed by atoms with van der Waals surface area (Å²) in [7, 11) is 0. The Hall–Kier alpha value is -1.70. The summed E-state index contributed by atoms with van der Waals surface area (Å²) in [5.41, 5.74) is 0.984. The van der Waals surface area contributed by atoms with Gasteiger partial charge in [-0.15, -0.1) is 6.42 Å². The second-order valence-corrected chi connectivity index (χ2v) is 4.56. The Morgan fingerprint density at radius 3 is 2.18 bits per heavy atom. The van der Waals surface area contributed by atoms with E-state index in [2.05, 4.69) is 17.8 Å². The van der Waals surface area contributed by atoms with Gasteiger partial charge in [-0.1, -0.05) is 24.2 Å². The summed E-state index contributed by atoms with van der Waals surface area (Å²) in [6.45, 7) is 0. The van der Waals surface area contributed by atoms with Crippen LogP contribution in [0.3, 0.4) is 0 Å². The summed E-state index contributed by atoms with van der Waals surface area (Å²) < 4.78 is 0. The molecule has 0 spiro atoms. The van der Waals surface area contributed by atoms with Crippen LogP contribution in [0.2, 0.25) is 0 Å². The van der Waals surface area contributed by atoms with Gasteiger partial charge in [-0.3, -0.25) is 0 Å². The maximum absolute atomic E-state index is 10.2. The molecule has 0 aliphatic heterocycles. The van der Waals surface area contributed by atoms with E-state index >= 15 is 0 Å². The molecular formula is C16H16O. The molecule has 1 saturated carbocycles. The summed E-state index contributed by atoms with van der Waals surface area (Å²) in [5, 5.41) is 10.2. The zero-order valence-corrected chi connectivity index (χ0v) is 9.87. The van der Waals surface area contributed by atoms with E-state index in [4.69, 9.17) is 6.42 Å². The molecule has 0 aromatic heterocycles. The molecule has 1 N–H and O–H groups in total. The van der Waals surface area contributed by atoms with E-state index in [0.29, 0.717) is 0 Å². The molecule has 1 aromatic rings. The maximum atomic E-state index is 10.2. The normalized spacial score (nSPS) is 17.6. The van der Waals surface area contributed by atoms with Crippen LogP contribution in [0.25, 0.3) is 0 Å². The first kappa shape index (κ1) is 11.8. The largest absolute Gasteiger partial charge is 0.378 e. The minimum atomic E-state index is -0.775.